The molecule has 0 atom stereocenters. The molecule has 0 bridgehead atoms. The molecule has 5 rings (SSSR count). The molecule has 2 aromatic heterocycles. The Morgan fingerprint density at radius 1 is 1.14 bits per heavy atom. The molecule has 35 heavy (non-hydrogen) atoms. The van der Waals surface area contributed by atoms with E-state index in [9.17, 15) is 4.39 Å². The first-order valence-electron chi connectivity index (χ1n) is 11.7. The van der Waals surface area contributed by atoms with Gasteiger partial charge < -0.3 is 19.5 Å². The molecule has 0 aliphatic carbocycles. The van der Waals surface area contributed by atoms with Gasteiger partial charge in [-0.25, -0.2) is 14.4 Å². The van der Waals surface area contributed by atoms with Crippen LogP contribution < -0.4 is 14.8 Å². The number of hydrogen-bond acceptors (Lipinski definition) is 7. The number of morpholine rings is 1. The number of nitrogens with one attached hydrogen (secondary N) is 1. The van der Waals surface area contributed by atoms with Gasteiger partial charge in [-0.05, 0) is 25.5 Å². The molecule has 0 saturated carbocycles. The number of anilines is 2. The van der Waals surface area contributed by atoms with Crippen LogP contribution in [0.2, 0.25) is 5.02 Å². The molecular formula is C25H27ClFN5O3. The Labute approximate surface area is 207 Å². The van der Waals surface area contributed by atoms with E-state index in [1.54, 1.807) is 24.7 Å². The molecule has 1 fully saturated rings. The maximum Gasteiger partial charge on any atom is 0.163 e. The van der Waals surface area contributed by atoms with Gasteiger partial charge in [0.2, 0.25) is 0 Å². The topological polar surface area (TPSA) is 73.2 Å². The van der Waals surface area contributed by atoms with E-state index in [1.165, 1.54) is 6.07 Å². The van der Waals surface area contributed by atoms with E-state index in [-0.39, 0.29) is 10.7 Å². The van der Waals surface area contributed by atoms with E-state index in [0.29, 0.717) is 41.6 Å². The van der Waals surface area contributed by atoms with Crippen molar-refractivity contribution < 1.29 is 18.6 Å². The number of aromatic nitrogens is 3. The number of benzene rings is 2. The molecule has 184 valence electrons. The molecule has 1 saturated heterocycles. The summed E-state index contributed by atoms with van der Waals surface area (Å²) in [6.45, 7) is 7.40. The van der Waals surface area contributed by atoms with Crippen LogP contribution in [-0.2, 0) is 4.74 Å². The SMILES string of the molecule is CCOc1cc2c(cc1OCCCN1CCOCC1)nc(Nc1c(F)cccc1Cl)c1cncn12. The molecule has 3 heterocycles. The zero-order valence-electron chi connectivity index (χ0n) is 19.5. The van der Waals surface area contributed by atoms with Gasteiger partial charge in [0.15, 0.2) is 17.3 Å². The Hall–Kier alpha value is -3.14. The van der Waals surface area contributed by atoms with Gasteiger partial charge >= 0.3 is 0 Å². The van der Waals surface area contributed by atoms with Crippen LogP contribution in [0.1, 0.15) is 13.3 Å². The summed E-state index contributed by atoms with van der Waals surface area (Å²) in [5, 5.41) is 3.31. The number of halogens is 2. The fraction of sp³-hybridized carbons (Fsp3) is 0.360. The molecule has 0 radical (unpaired) electrons. The predicted molar refractivity (Wildman–Crippen MR) is 134 cm³/mol. The van der Waals surface area contributed by atoms with Crippen molar-refractivity contribution in [2.45, 2.75) is 13.3 Å². The summed E-state index contributed by atoms with van der Waals surface area (Å²) in [4.78, 5) is 11.4. The van der Waals surface area contributed by atoms with Crippen LogP contribution in [-0.4, -0.2) is 65.3 Å². The highest BCUT2D eigenvalue weighted by Gasteiger charge is 2.17. The molecule has 8 nitrogen and oxygen atoms in total. The van der Waals surface area contributed by atoms with Gasteiger partial charge in [0.25, 0.3) is 0 Å². The van der Waals surface area contributed by atoms with Crippen molar-refractivity contribution in [3.05, 3.63) is 53.7 Å². The molecule has 1 aliphatic heterocycles. The zero-order valence-corrected chi connectivity index (χ0v) is 20.2. The van der Waals surface area contributed by atoms with Gasteiger partial charge in [-0.3, -0.25) is 9.30 Å². The minimum Gasteiger partial charge on any atom is -0.490 e. The Morgan fingerprint density at radius 2 is 1.97 bits per heavy atom. The van der Waals surface area contributed by atoms with Crippen molar-refractivity contribution >= 4 is 39.7 Å². The fourth-order valence-electron chi connectivity index (χ4n) is 4.16. The van der Waals surface area contributed by atoms with E-state index in [0.717, 1.165) is 44.8 Å². The fourth-order valence-corrected chi connectivity index (χ4v) is 4.37. The minimum atomic E-state index is -0.465. The smallest absolute Gasteiger partial charge is 0.163 e. The third-order valence-corrected chi connectivity index (χ3v) is 6.21. The first kappa shape index (κ1) is 23.6. The molecule has 10 heteroatoms. The first-order valence-corrected chi connectivity index (χ1v) is 12.1. The molecular weight excluding hydrogens is 473 g/mol. The van der Waals surface area contributed by atoms with Crippen LogP contribution in [0.3, 0.4) is 0 Å². The van der Waals surface area contributed by atoms with Crippen LogP contribution in [0, 0.1) is 5.82 Å². The van der Waals surface area contributed by atoms with E-state index in [4.69, 9.17) is 30.8 Å². The highest BCUT2D eigenvalue weighted by molar-refractivity contribution is 6.33. The average Bonchev–Trinajstić information content (AvgIpc) is 3.36. The Morgan fingerprint density at radius 3 is 2.77 bits per heavy atom. The lowest BCUT2D eigenvalue weighted by Gasteiger charge is -2.26. The minimum absolute atomic E-state index is 0.162. The number of fused-ring (bicyclic) bond motifs is 3. The summed E-state index contributed by atoms with van der Waals surface area (Å²) in [6, 6.07) is 8.28. The largest absolute Gasteiger partial charge is 0.490 e. The lowest BCUT2D eigenvalue weighted by molar-refractivity contribution is 0.0357. The van der Waals surface area contributed by atoms with Crippen LogP contribution in [0.5, 0.6) is 11.5 Å². The molecule has 2 aromatic carbocycles. The summed E-state index contributed by atoms with van der Waals surface area (Å²) < 4.78 is 33.7. The van der Waals surface area contributed by atoms with Gasteiger partial charge in [-0.15, -0.1) is 0 Å². The highest BCUT2D eigenvalue weighted by Crippen LogP contribution is 2.35. The first-order chi connectivity index (χ1) is 17.1. The number of nitrogens with zero attached hydrogens (tertiary/aromatic N) is 4. The summed E-state index contributed by atoms with van der Waals surface area (Å²) in [5.74, 6) is 1.22. The predicted octanol–water partition coefficient (Wildman–Crippen LogP) is 4.92. The van der Waals surface area contributed by atoms with Crippen LogP contribution in [0.4, 0.5) is 15.9 Å². The van der Waals surface area contributed by atoms with Gasteiger partial charge in [0, 0.05) is 31.8 Å². The number of ether oxygens (including phenoxy) is 3. The maximum atomic E-state index is 14.4. The summed E-state index contributed by atoms with van der Waals surface area (Å²) in [6.07, 6.45) is 4.24. The van der Waals surface area contributed by atoms with Gasteiger partial charge in [0.1, 0.15) is 11.3 Å². The van der Waals surface area contributed by atoms with E-state index >= 15 is 0 Å². The van der Waals surface area contributed by atoms with Crippen LogP contribution in [0.15, 0.2) is 42.9 Å². The molecule has 0 amide bonds. The number of rotatable bonds is 9. The second-order valence-electron chi connectivity index (χ2n) is 8.21. The Kier molecular flexibility index (Phi) is 7.17. The number of imidazole rings is 1. The monoisotopic (exact) mass is 499 g/mol. The van der Waals surface area contributed by atoms with Crippen LogP contribution >= 0.6 is 11.6 Å². The number of hydrogen-bond donors (Lipinski definition) is 1. The molecule has 0 spiro atoms. The lowest BCUT2D eigenvalue weighted by Crippen LogP contribution is -2.37. The molecule has 1 aliphatic rings. The summed E-state index contributed by atoms with van der Waals surface area (Å²) in [7, 11) is 0. The van der Waals surface area contributed by atoms with Gasteiger partial charge in [0.05, 0.1) is 60.7 Å². The second-order valence-corrected chi connectivity index (χ2v) is 8.61. The standard InChI is InChI=1S/C25H27ClFN5O3/c1-2-34-23-14-20-19(13-22(23)35-10-4-7-31-8-11-33-12-9-31)29-25(21-15-28-16-32(20)21)30-24-17(26)5-3-6-18(24)27/h3,5-6,13-16H,2,4,7-12H2,1H3,(H,29,30). The molecule has 1 N–H and O–H groups in total. The van der Waals surface area contributed by atoms with Crippen molar-refractivity contribution in [2.24, 2.45) is 0 Å². The van der Waals surface area contributed by atoms with E-state index in [2.05, 4.69) is 15.2 Å². The van der Waals surface area contributed by atoms with E-state index in [1.807, 2.05) is 23.5 Å². The van der Waals surface area contributed by atoms with Crippen molar-refractivity contribution in [3.8, 4) is 11.5 Å². The Bertz CT molecular complexity index is 1310. The quantitative estimate of drug-likeness (QED) is 0.328. The van der Waals surface area contributed by atoms with Crippen molar-refractivity contribution in [3.63, 3.8) is 0 Å². The lowest BCUT2D eigenvalue weighted by atomic mass is 10.2. The molecule has 4 aromatic rings. The summed E-state index contributed by atoms with van der Waals surface area (Å²) >= 11 is 6.23. The summed E-state index contributed by atoms with van der Waals surface area (Å²) in [5.41, 5.74) is 2.29. The Balaban J connectivity index is 1.45. The van der Waals surface area contributed by atoms with Crippen molar-refractivity contribution in [1.29, 1.82) is 0 Å². The van der Waals surface area contributed by atoms with Crippen LogP contribution in [0.25, 0.3) is 16.6 Å². The highest BCUT2D eigenvalue weighted by atomic mass is 35.5. The van der Waals surface area contributed by atoms with Crippen molar-refractivity contribution in [2.75, 3.05) is 51.4 Å². The van der Waals surface area contributed by atoms with E-state index < -0.39 is 5.82 Å². The van der Waals surface area contributed by atoms with Gasteiger partial charge in [-0.2, -0.15) is 0 Å². The van der Waals surface area contributed by atoms with Crippen molar-refractivity contribution in [1.82, 2.24) is 19.3 Å². The van der Waals surface area contributed by atoms with Gasteiger partial charge in [-0.1, -0.05) is 17.7 Å². The second kappa shape index (κ2) is 10.6. The average molecular weight is 500 g/mol. The third-order valence-electron chi connectivity index (χ3n) is 5.90. The molecule has 0 unspecified atom stereocenters. The normalized spacial score (nSPS) is 14.5. The third kappa shape index (κ3) is 5.12. The zero-order chi connectivity index (χ0) is 24.2. The maximum absolute atomic E-state index is 14.4. The number of para-hydroxylation sites is 1.